The van der Waals surface area contributed by atoms with Crippen LogP contribution in [0, 0.1) is 5.77 Å². The van der Waals surface area contributed by atoms with Gasteiger partial charge >= 0.3 is 70.6 Å². The highest BCUT2D eigenvalue weighted by Crippen LogP contribution is 2.41. The third kappa shape index (κ3) is 18.5. The number of rotatable bonds is 18. The van der Waals surface area contributed by atoms with Crippen LogP contribution in [0.3, 0.4) is 0 Å². The molecule has 84 heavy (non-hydrogen) atoms. The van der Waals surface area contributed by atoms with Crippen LogP contribution in [-0.2, 0) is 49.4 Å². The standard InChI is InChI=1S/C32H12BF24.C24H34IS2/c34-25(35,36)13-1-14(26(37,38)39)6-21(5-13)33(22-7-15(27(40,41)42)2-16(8-22)28(43,44)45,23-9-17(29(46,47)48)3-18(10-23)30(49,50)51)24-11-19(31(52,53)54)4-20(12-24)32(55,56)57;1-3-5-7-9-11-13-15-21-17-19-26-23(21)25-24-22(18-20-27-24)16-14-12-10-8-6-4-2/h1-12H;13-20H,3-12H2,1-2H3/q-1;+1. The summed E-state index contributed by atoms with van der Waals surface area (Å²) in [4.78, 5) is 0. The van der Waals surface area contributed by atoms with Crippen LogP contribution < -0.4 is 43.1 Å². The van der Waals surface area contributed by atoms with E-state index in [0.717, 1.165) is 0 Å². The lowest BCUT2D eigenvalue weighted by Gasteiger charge is -2.46. The second-order valence-electron chi connectivity index (χ2n) is 19.1. The first-order valence-corrected chi connectivity index (χ1v) is 29.0. The van der Waals surface area contributed by atoms with Gasteiger partial charge in [0.2, 0.25) is 0 Å². The number of thiophene rings is 2. The molecule has 0 aliphatic heterocycles. The molecule has 460 valence electrons. The van der Waals surface area contributed by atoms with Crippen molar-refractivity contribution in [1.29, 1.82) is 0 Å². The molecule has 0 spiro atoms. The molecule has 2 aromatic heterocycles. The van der Waals surface area contributed by atoms with Crippen LogP contribution in [-0.4, -0.2) is 6.15 Å². The quantitative estimate of drug-likeness (QED) is 0.0348. The average molecular weight is 1380 g/mol. The van der Waals surface area contributed by atoms with Crippen LogP contribution in [0.4, 0.5) is 105 Å². The normalized spacial score (nSPS) is 13.5. The van der Waals surface area contributed by atoms with Crippen molar-refractivity contribution in [3.63, 3.8) is 0 Å². The van der Waals surface area contributed by atoms with Gasteiger partial charge in [-0.2, -0.15) is 127 Å². The molecule has 0 unspecified atom stereocenters. The van der Waals surface area contributed by atoms with Crippen molar-refractivity contribution in [2.24, 2.45) is 0 Å². The minimum Gasteiger partial charge on any atom is -0.194 e. The van der Waals surface area contributed by atoms with E-state index in [0.29, 0.717) is 0 Å². The van der Waals surface area contributed by atoms with Gasteiger partial charge in [0.15, 0.2) is 0 Å². The van der Waals surface area contributed by atoms with Gasteiger partial charge in [0.25, 0.3) is 5.77 Å². The molecule has 0 saturated heterocycles. The van der Waals surface area contributed by atoms with E-state index in [4.69, 9.17) is 0 Å². The SMILES string of the molecule is CCCCCCC=Cc1ccsc1[I+]c1sccc1C=CCCCCCC.FC(F)(F)c1cc([B-](c2cc(C(F)(F)F)cc(C(F)(F)F)c2)(c2cc(C(F)(F)F)cc(C(F)(F)F)c2)c2cc(C(F)(F)F)cc(C(F)(F)F)c2)cc(C(F)(F)F)c1. The largest absolute Gasteiger partial charge is 0.416 e. The zero-order valence-electron chi connectivity index (χ0n) is 43.5. The van der Waals surface area contributed by atoms with Crippen LogP contribution in [0.1, 0.15) is 134 Å². The average Bonchev–Trinajstić information content (AvgIpc) is 0.831. The molecule has 4 aromatic carbocycles. The Morgan fingerprint density at radius 2 is 0.560 bits per heavy atom. The Kier molecular flexibility index (Phi) is 22.6. The molecule has 0 amide bonds. The van der Waals surface area contributed by atoms with Crippen LogP contribution in [0.5, 0.6) is 0 Å². The molecule has 28 heteroatoms. The van der Waals surface area contributed by atoms with E-state index < -0.39 is 195 Å². The first-order chi connectivity index (χ1) is 38.6. The minimum atomic E-state index is -6.13. The van der Waals surface area contributed by atoms with E-state index in [2.05, 4.69) is 61.0 Å². The molecule has 0 nitrogen and oxygen atoms in total. The predicted octanol–water partition coefficient (Wildman–Crippen LogP) is 17.1. The van der Waals surface area contributed by atoms with Gasteiger partial charge < -0.3 is 0 Å². The van der Waals surface area contributed by atoms with Crippen LogP contribution >= 0.6 is 22.7 Å². The van der Waals surface area contributed by atoms with Gasteiger partial charge in [-0.3, -0.25) is 0 Å². The summed E-state index contributed by atoms with van der Waals surface area (Å²) in [6.45, 7) is 4.55. The lowest BCUT2D eigenvalue weighted by Crippen LogP contribution is -3.61. The van der Waals surface area contributed by atoms with Gasteiger partial charge in [-0.05, 0) is 72.8 Å². The number of halogens is 25. The topological polar surface area (TPSA) is 0 Å². The third-order valence-electron chi connectivity index (χ3n) is 12.9. The molecule has 0 saturated carbocycles. The number of hydrogen-bond donors (Lipinski definition) is 0. The molecule has 0 fully saturated rings. The molecular formula is C56H46BF24IS2. The van der Waals surface area contributed by atoms with Crippen molar-refractivity contribution in [1.82, 2.24) is 0 Å². The smallest absolute Gasteiger partial charge is 0.194 e. The first kappa shape index (κ1) is 69.6. The Bertz CT molecular complexity index is 2700. The lowest BCUT2D eigenvalue weighted by atomic mass is 9.12. The van der Waals surface area contributed by atoms with E-state index in [9.17, 15) is 105 Å². The van der Waals surface area contributed by atoms with Crippen LogP contribution in [0.15, 0.2) is 108 Å². The first-order valence-electron chi connectivity index (χ1n) is 25.1. The molecule has 6 rings (SSSR count). The summed E-state index contributed by atoms with van der Waals surface area (Å²) in [6, 6.07) is -4.20. The molecule has 0 radical (unpaired) electrons. The summed E-state index contributed by atoms with van der Waals surface area (Å²) in [6.07, 6.45) is -32.1. The maximum atomic E-state index is 14.2. The van der Waals surface area contributed by atoms with Gasteiger partial charge in [-0.25, -0.2) is 0 Å². The van der Waals surface area contributed by atoms with Gasteiger partial charge in [-0.15, -0.1) is 0 Å². The van der Waals surface area contributed by atoms with Crippen molar-refractivity contribution in [3.8, 4) is 0 Å². The molecular weight excluding hydrogens is 1330 g/mol. The fourth-order valence-corrected chi connectivity index (χ4v) is 15.0. The van der Waals surface area contributed by atoms with Crippen LogP contribution in [0.2, 0.25) is 0 Å². The summed E-state index contributed by atoms with van der Waals surface area (Å²) in [5.74, 6) is 0. The second-order valence-corrected chi connectivity index (χ2v) is 25.1. The Labute approximate surface area is 483 Å². The second kappa shape index (κ2) is 27.3. The summed E-state index contributed by atoms with van der Waals surface area (Å²) in [7, 11) is 0. The Morgan fingerprint density at radius 1 is 0.333 bits per heavy atom. The molecule has 0 N–H and O–H groups in total. The Hall–Kier alpha value is -5.13. The van der Waals surface area contributed by atoms with Crippen molar-refractivity contribution in [2.45, 2.75) is 127 Å². The van der Waals surface area contributed by atoms with Crippen molar-refractivity contribution < 1.29 is 127 Å². The summed E-state index contributed by atoms with van der Waals surface area (Å²) in [5, 5.41) is 4.53. The molecule has 0 bridgehead atoms. The fourth-order valence-electron chi connectivity index (χ4n) is 8.94. The van der Waals surface area contributed by atoms with Gasteiger partial charge in [-0.1, -0.05) is 148 Å². The summed E-state index contributed by atoms with van der Waals surface area (Å²) < 4.78 is 344. The molecule has 6 aromatic rings. The number of allylic oxidation sites excluding steroid dienone is 2. The van der Waals surface area contributed by atoms with Crippen molar-refractivity contribution in [2.75, 3.05) is 0 Å². The molecule has 0 atom stereocenters. The third-order valence-corrected chi connectivity index (χ3v) is 19.2. The maximum absolute atomic E-state index is 14.2. The number of hydrogen-bond acceptors (Lipinski definition) is 2. The number of benzene rings is 4. The fraction of sp³-hybridized carbons (Fsp3) is 0.357. The summed E-state index contributed by atoms with van der Waals surface area (Å²) in [5.41, 5.74) is -27.3. The number of alkyl halides is 24. The lowest BCUT2D eigenvalue weighted by molar-refractivity contribution is -0.585. The Balaban J connectivity index is 0.000000398. The summed E-state index contributed by atoms with van der Waals surface area (Å²) >= 11 is 3.82. The number of unbranched alkanes of at least 4 members (excludes halogenated alkanes) is 8. The van der Waals surface area contributed by atoms with E-state index >= 15 is 0 Å². The monoisotopic (exact) mass is 1380 g/mol. The van der Waals surface area contributed by atoms with E-state index in [1.165, 1.54) is 75.3 Å². The highest BCUT2D eigenvalue weighted by molar-refractivity contribution is 7.20. The van der Waals surface area contributed by atoms with Gasteiger partial charge in [0, 0.05) is 11.1 Å². The van der Waals surface area contributed by atoms with E-state index in [1.807, 2.05) is 22.7 Å². The van der Waals surface area contributed by atoms with E-state index in [-0.39, 0.29) is 21.2 Å². The zero-order valence-corrected chi connectivity index (χ0v) is 47.3. The highest BCUT2D eigenvalue weighted by Gasteiger charge is 2.47. The predicted molar refractivity (Wildman–Crippen MR) is 272 cm³/mol. The molecule has 2 heterocycles. The van der Waals surface area contributed by atoms with Crippen LogP contribution in [0.25, 0.3) is 12.2 Å². The Morgan fingerprint density at radius 3 is 0.762 bits per heavy atom. The van der Waals surface area contributed by atoms with Crippen molar-refractivity contribution in [3.05, 3.63) is 169 Å². The van der Waals surface area contributed by atoms with E-state index in [1.54, 1.807) is 5.77 Å². The molecule has 0 aliphatic rings. The van der Waals surface area contributed by atoms with Crippen molar-refractivity contribution >= 4 is 62.8 Å². The zero-order chi connectivity index (χ0) is 63.1. The highest BCUT2D eigenvalue weighted by atomic mass is 127. The minimum absolute atomic E-state index is 0.0691. The van der Waals surface area contributed by atoms with Gasteiger partial charge in [0.05, 0.1) is 44.5 Å². The van der Waals surface area contributed by atoms with Gasteiger partial charge in [0.1, 0.15) is 6.15 Å². The maximum Gasteiger partial charge on any atom is 0.416 e. The molecule has 0 aliphatic carbocycles.